The smallest absolute Gasteiger partial charge is 0.355 e. The van der Waals surface area contributed by atoms with Gasteiger partial charge in [-0.2, -0.15) is 18.3 Å². The van der Waals surface area contributed by atoms with E-state index in [0.29, 0.717) is 39.7 Å². The molecule has 14 heteroatoms. The van der Waals surface area contributed by atoms with Crippen LogP contribution in [-0.2, 0) is 16.0 Å². The molecule has 0 bridgehead atoms. The number of piperidine rings is 1. The SMILES string of the molecule is C[C@H](c1ccc(Cl)cc1Cl)n1nc(C(F)(F)F)c2ncc(N3CC([C@H]4CCCN(CCCS(C)(=O)=O)C4)C3)nc21. The second kappa shape index (κ2) is 11.3. The Hall–Kier alpha value is -2.15. The molecule has 2 atom stereocenters. The average Bonchev–Trinajstić information content (AvgIpc) is 3.22. The number of halogens is 5. The lowest BCUT2D eigenvalue weighted by molar-refractivity contribution is -0.140. The van der Waals surface area contributed by atoms with Crippen LogP contribution in [-0.4, -0.2) is 77.8 Å². The van der Waals surface area contributed by atoms with Crippen LogP contribution in [0, 0.1) is 11.8 Å². The van der Waals surface area contributed by atoms with Crippen LogP contribution >= 0.6 is 23.2 Å². The summed E-state index contributed by atoms with van der Waals surface area (Å²) < 4.78 is 65.7. The van der Waals surface area contributed by atoms with Gasteiger partial charge in [-0.1, -0.05) is 29.3 Å². The van der Waals surface area contributed by atoms with E-state index in [4.69, 9.17) is 23.2 Å². The summed E-state index contributed by atoms with van der Waals surface area (Å²) in [6.45, 7) is 5.85. The number of alkyl halides is 3. The maximum Gasteiger partial charge on any atom is 0.437 e. The van der Waals surface area contributed by atoms with Gasteiger partial charge in [-0.3, -0.25) is 0 Å². The molecule has 0 saturated carbocycles. The highest BCUT2D eigenvalue weighted by molar-refractivity contribution is 7.90. The van der Waals surface area contributed by atoms with Crippen LogP contribution in [0.2, 0.25) is 10.0 Å². The number of hydrogen-bond donors (Lipinski definition) is 0. The molecule has 2 aliphatic rings. The van der Waals surface area contributed by atoms with E-state index in [1.54, 1.807) is 25.1 Å². The zero-order valence-corrected chi connectivity index (χ0v) is 24.5. The first kappa shape index (κ1) is 29.3. The summed E-state index contributed by atoms with van der Waals surface area (Å²) in [4.78, 5) is 13.2. The summed E-state index contributed by atoms with van der Waals surface area (Å²) in [5.41, 5.74) is -0.777. The van der Waals surface area contributed by atoms with Crippen molar-refractivity contribution < 1.29 is 21.6 Å². The maximum atomic E-state index is 13.9. The number of rotatable bonds is 8. The molecule has 0 amide bonds. The Balaban J connectivity index is 1.33. The van der Waals surface area contributed by atoms with E-state index in [2.05, 4.69) is 20.0 Å². The highest BCUT2D eigenvalue weighted by atomic mass is 35.5. The van der Waals surface area contributed by atoms with Crippen molar-refractivity contribution in [2.24, 2.45) is 11.8 Å². The van der Waals surface area contributed by atoms with Crippen molar-refractivity contribution in [3.8, 4) is 0 Å². The van der Waals surface area contributed by atoms with Crippen molar-refractivity contribution in [2.75, 3.05) is 49.6 Å². The van der Waals surface area contributed by atoms with Gasteiger partial charge < -0.3 is 9.80 Å². The van der Waals surface area contributed by atoms with Crippen LogP contribution in [0.3, 0.4) is 0 Å². The van der Waals surface area contributed by atoms with Crippen LogP contribution in [0.25, 0.3) is 11.2 Å². The minimum Gasteiger partial charge on any atom is -0.355 e. The van der Waals surface area contributed by atoms with E-state index in [9.17, 15) is 21.6 Å². The van der Waals surface area contributed by atoms with Gasteiger partial charge in [-0.15, -0.1) is 0 Å². The number of anilines is 1. The average molecular weight is 620 g/mol. The summed E-state index contributed by atoms with van der Waals surface area (Å²) >= 11 is 12.4. The van der Waals surface area contributed by atoms with Gasteiger partial charge in [-0.05, 0) is 68.8 Å². The normalized spacial score (nSPS) is 20.2. The third kappa shape index (κ3) is 6.34. The molecule has 0 unspecified atom stereocenters. The van der Waals surface area contributed by atoms with Crippen LogP contribution in [0.1, 0.15) is 43.5 Å². The van der Waals surface area contributed by atoms with Crippen molar-refractivity contribution >= 4 is 50.0 Å². The Morgan fingerprint density at radius 1 is 1.15 bits per heavy atom. The molecule has 3 aromatic rings. The van der Waals surface area contributed by atoms with Gasteiger partial charge in [0.25, 0.3) is 0 Å². The third-order valence-electron chi connectivity index (χ3n) is 7.87. The molecule has 2 aromatic heterocycles. The molecule has 2 saturated heterocycles. The van der Waals surface area contributed by atoms with Gasteiger partial charge in [0.2, 0.25) is 0 Å². The standard InChI is InChI=1S/C26H31Cl2F3N6O2S/c1-16(20-7-6-19(27)11-21(20)28)37-25-23(24(34-37)26(29,30)31)32-12-22(33-25)36-14-18(15-36)17-5-3-8-35(13-17)9-4-10-40(2,38)39/h6-7,11-12,16-18H,3-5,8-10,13-15H2,1-2H3/t16-,17+/m1/s1. The van der Waals surface area contributed by atoms with Crippen LogP contribution in [0.5, 0.6) is 0 Å². The molecule has 40 heavy (non-hydrogen) atoms. The number of fused-ring (bicyclic) bond motifs is 1. The fourth-order valence-electron chi connectivity index (χ4n) is 5.71. The summed E-state index contributed by atoms with van der Waals surface area (Å²) in [5.74, 6) is 1.61. The van der Waals surface area contributed by atoms with Crippen molar-refractivity contribution in [2.45, 2.75) is 38.4 Å². The number of likely N-dealkylation sites (tertiary alicyclic amines) is 1. The summed E-state index contributed by atoms with van der Waals surface area (Å²) in [5, 5.41) is 4.64. The number of benzene rings is 1. The largest absolute Gasteiger partial charge is 0.437 e. The summed E-state index contributed by atoms with van der Waals surface area (Å²) in [7, 11) is -2.96. The van der Waals surface area contributed by atoms with E-state index in [1.807, 2.05) is 4.90 Å². The Morgan fingerprint density at radius 2 is 1.90 bits per heavy atom. The lowest BCUT2D eigenvalue weighted by atomic mass is 9.80. The Morgan fingerprint density at radius 3 is 2.58 bits per heavy atom. The molecule has 5 rings (SSSR count). The predicted octanol–water partition coefficient (Wildman–Crippen LogP) is 5.34. The zero-order valence-electron chi connectivity index (χ0n) is 22.2. The first-order valence-electron chi connectivity index (χ1n) is 13.2. The maximum absolute atomic E-state index is 13.9. The minimum atomic E-state index is -4.70. The lowest BCUT2D eigenvalue weighted by Crippen LogP contribution is -2.54. The van der Waals surface area contributed by atoms with E-state index < -0.39 is 27.7 Å². The molecule has 0 spiro atoms. The lowest BCUT2D eigenvalue weighted by Gasteiger charge is -2.47. The topological polar surface area (TPSA) is 84.2 Å². The molecule has 8 nitrogen and oxygen atoms in total. The minimum absolute atomic E-state index is 0.0431. The van der Waals surface area contributed by atoms with Gasteiger partial charge in [0, 0.05) is 35.9 Å². The Bertz CT molecular complexity index is 1490. The fourth-order valence-corrected chi connectivity index (χ4v) is 6.93. The van der Waals surface area contributed by atoms with E-state index in [1.165, 1.54) is 17.1 Å². The number of nitrogens with zero attached hydrogens (tertiary/aromatic N) is 6. The highest BCUT2D eigenvalue weighted by Crippen LogP contribution is 2.38. The van der Waals surface area contributed by atoms with Gasteiger partial charge in [-0.25, -0.2) is 23.1 Å². The first-order chi connectivity index (χ1) is 18.8. The number of sulfone groups is 1. The summed E-state index contributed by atoms with van der Waals surface area (Å²) in [6.07, 6.45) is 0.755. The molecule has 0 aliphatic carbocycles. The monoisotopic (exact) mass is 618 g/mol. The van der Waals surface area contributed by atoms with E-state index in [0.717, 1.165) is 45.6 Å². The molecule has 2 aliphatic heterocycles. The van der Waals surface area contributed by atoms with Crippen LogP contribution in [0.15, 0.2) is 24.4 Å². The third-order valence-corrected chi connectivity index (χ3v) is 9.46. The van der Waals surface area contributed by atoms with Crippen molar-refractivity contribution in [1.82, 2.24) is 24.6 Å². The second-order valence-electron chi connectivity index (χ2n) is 10.9. The van der Waals surface area contributed by atoms with E-state index >= 15 is 0 Å². The number of hydrogen-bond acceptors (Lipinski definition) is 7. The molecule has 2 fully saturated rings. The van der Waals surface area contributed by atoms with E-state index in [-0.39, 0.29) is 16.9 Å². The van der Waals surface area contributed by atoms with Crippen LogP contribution < -0.4 is 4.90 Å². The molecule has 1 aromatic carbocycles. The van der Waals surface area contributed by atoms with Gasteiger partial charge in [0.1, 0.15) is 21.2 Å². The van der Waals surface area contributed by atoms with Crippen molar-refractivity contribution in [3.63, 3.8) is 0 Å². The van der Waals surface area contributed by atoms with Gasteiger partial charge >= 0.3 is 6.18 Å². The first-order valence-corrected chi connectivity index (χ1v) is 16.0. The summed E-state index contributed by atoms with van der Waals surface area (Å²) in [6, 6.07) is 4.20. The molecule has 0 N–H and O–H groups in total. The molecule has 218 valence electrons. The van der Waals surface area contributed by atoms with Crippen molar-refractivity contribution in [1.29, 1.82) is 0 Å². The predicted molar refractivity (Wildman–Crippen MR) is 150 cm³/mol. The Labute approximate surface area is 241 Å². The quantitative estimate of drug-likeness (QED) is 0.337. The number of aromatic nitrogens is 4. The zero-order chi connectivity index (χ0) is 28.8. The Kier molecular flexibility index (Phi) is 8.26. The molecule has 4 heterocycles. The molecular formula is C26H31Cl2F3N6O2S. The second-order valence-corrected chi connectivity index (χ2v) is 14.0. The molecule has 0 radical (unpaired) electrons. The fraction of sp³-hybridized carbons (Fsp3) is 0.577. The van der Waals surface area contributed by atoms with Crippen LogP contribution in [0.4, 0.5) is 19.0 Å². The highest BCUT2D eigenvalue weighted by Gasteiger charge is 2.40. The van der Waals surface area contributed by atoms with Gasteiger partial charge in [0.15, 0.2) is 11.3 Å². The molecular weight excluding hydrogens is 588 g/mol. The van der Waals surface area contributed by atoms with Gasteiger partial charge in [0.05, 0.1) is 18.0 Å². The van der Waals surface area contributed by atoms with Crippen molar-refractivity contribution in [3.05, 3.63) is 45.7 Å².